The Morgan fingerprint density at radius 1 is 0.600 bits per heavy atom. The van der Waals surface area contributed by atoms with Crippen LogP contribution in [0.4, 0.5) is 5.69 Å². The van der Waals surface area contributed by atoms with Gasteiger partial charge in [0.25, 0.3) is 0 Å². The van der Waals surface area contributed by atoms with Gasteiger partial charge < -0.3 is 5.73 Å². The minimum atomic E-state index is 0.794. The highest BCUT2D eigenvalue weighted by atomic mass is 127. The largest absolute Gasteiger partial charge is 0.399 e. The third-order valence-electron chi connectivity index (χ3n) is 3.28. The van der Waals surface area contributed by atoms with Gasteiger partial charge >= 0.3 is 0 Å². The number of nitrogens with two attached hydrogens (primary N) is 1. The van der Waals surface area contributed by atoms with Crippen molar-refractivity contribution in [3.8, 4) is 22.3 Å². The number of hydrogen-bond donors (Lipinski definition) is 1. The highest BCUT2D eigenvalue weighted by molar-refractivity contribution is 14.1. The molecule has 0 unspecified atom stereocenters. The van der Waals surface area contributed by atoms with E-state index in [2.05, 4.69) is 83.3 Å². The van der Waals surface area contributed by atoms with Crippen LogP contribution in [0, 0.1) is 3.57 Å². The van der Waals surface area contributed by atoms with E-state index in [1.54, 1.807) is 0 Å². The number of halogens is 1. The lowest BCUT2D eigenvalue weighted by Gasteiger charge is -2.06. The van der Waals surface area contributed by atoms with Crippen molar-refractivity contribution in [3.05, 3.63) is 76.4 Å². The minimum absolute atomic E-state index is 0.794. The summed E-state index contributed by atoms with van der Waals surface area (Å²) in [6, 6.07) is 25.1. The number of rotatable bonds is 2. The fourth-order valence-electron chi connectivity index (χ4n) is 2.20. The molecule has 0 saturated heterocycles. The minimum Gasteiger partial charge on any atom is -0.399 e. The van der Waals surface area contributed by atoms with Gasteiger partial charge in [-0.1, -0.05) is 42.5 Å². The van der Waals surface area contributed by atoms with Crippen molar-refractivity contribution < 1.29 is 0 Å². The molecule has 0 bridgehead atoms. The van der Waals surface area contributed by atoms with Crippen LogP contribution in [-0.4, -0.2) is 0 Å². The molecule has 0 aliphatic carbocycles. The molecule has 98 valence electrons. The van der Waals surface area contributed by atoms with Gasteiger partial charge in [0.15, 0.2) is 0 Å². The molecule has 0 heterocycles. The molecule has 0 atom stereocenters. The van der Waals surface area contributed by atoms with E-state index in [9.17, 15) is 0 Å². The maximum atomic E-state index is 5.74. The number of hydrogen-bond acceptors (Lipinski definition) is 1. The predicted octanol–water partition coefficient (Wildman–Crippen LogP) is 5.21. The van der Waals surface area contributed by atoms with E-state index in [0.717, 1.165) is 5.69 Å². The van der Waals surface area contributed by atoms with E-state index in [-0.39, 0.29) is 0 Å². The van der Waals surface area contributed by atoms with Crippen molar-refractivity contribution in [2.75, 3.05) is 5.73 Å². The number of nitrogen functional groups attached to an aromatic ring is 1. The van der Waals surface area contributed by atoms with Gasteiger partial charge in [-0.3, -0.25) is 0 Å². The summed E-state index contributed by atoms with van der Waals surface area (Å²) in [7, 11) is 0. The summed E-state index contributed by atoms with van der Waals surface area (Å²) in [5, 5.41) is 0. The first kappa shape index (κ1) is 13.2. The van der Waals surface area contributed by atoms with Gasteiger partial charge in [-0.2, -0.15) is 0 Å². The third kappa shape index (κ3) is 2.85. The Morgan fingerprint density at radius 2 is 1.10 bits per heavy atom. The Kier molecular flexibility index (Phi) is 3.74. The van der Waals surface area contributed by atoms with Gasteiger partial charge in [-0.05, 0) is 75.2 Å². The van der Waals surface area contributed by atoms with Crippen LogP contribution in [0.2, 0.25) is 0 Å². The lowest BCUT2D eigenvalue weighted by Crippen LogP contribution is -1.85. The standard InChI is InChI=1S/C18H14IN/c19-17-8-4-13(5-9-17)15-2-1-3-16(12-15)14-6-10-18(20)11-7-14/h1-12H,20H2. The topological polar surface area (TPSA) is 26.0 Å². The fraction of sp³-hybridized carbons (Fsp3) is 0. The smallest absolute Gasteiger partial charge is 0.0314 e. The predicted molar refractivity (Wildman–Crippen MR) is 94.4 cm³/mol. The monoisotopic (exact) mass is 371 g/mol. The highest BCUT2D eigenvalue weighted by Gasteiger charge is 2.01. The molecule has 2 N–H and O–H groups in total. The summed E-state index contributed by atoms with van der Waals surface area (Å²) in [5.41, 5.74) is 11.4. The van der Waals surface area contributed by atoms with Crippen molar-refractivity contribution in [1.82, 2.24) is 0 Å². The summed E-state index contributed by atoms with van der Waals surface area (Å²) in [5.74, 6) is 0. The van der Waals surface area contributed by atoms with Crippen LogP contribution in [0.3, 0.4) is 0 Å². The lowest BCUT2D eigenvalue weighted by atomic mass is 9.99. The molecule has 3 rings (SSSR count). The molecule has 20 heavy (non-hydrogen) atoms. The van der Waals surface area contributed by atoms with E-state index in [1.165, 1.54) is 25.8 Å². The molecule has 0 saturated carbocycles. The molecule has 1 nitrogen and oxygen atoms in total. The molecule has 2 heteroatoms. The van der Waals surface area contributed by atoms with E-state index in [4.69, 9.17) is 5.73 Å². The zero-order valence-electron chi connectivity index (χ0n) is 10.9. The van der Waals surface area contributed by atoms with Gasteiger partial charge in [0.2, 0.25) is 0 Å². The number of benzene rings is 3. The average Bonchev–Trinajstić information content (AvgIpc) is 2.49. The Bertz CT molecular complexity index is 654. The molecule has 0 aliphatic rings. The molecule has 3 aromatic carbocycles. The second-order valence-electron chi connectivity index (χ2n) is 4.71. The quantitative estimate of drug-likeness (QED) is 0.486. The molecule has 0 fully saturated rings. The normalized spacial score (nSPS) is 10.4. The van der Waals surface area contributed by atoms with Crippen LogP contribution in [0.15, 0.2) is 72.8 Å². The summed E-state index contributed by atoms with van der Waals surface area (Å²) < 4.78 is 1.25. The van der Waals surface area contributed by atoms with Crippen molar-refractivity contribution in [2.45, 2.75) is 0 Å². The van der Waals surface area contributed by atoms with E-state index in [1.807, 2.05) is 12.1 Å². The first-order valence-corrected chi connectivity index (χ1v) is 7.52. The average molecular weight is 371 g/mol. The summed E-state index contributed by atoms with van der Waals surface area (Å²) >= 11 is 2.32. The Hall–Kier alpha value is -1.81. The second-order valence-corrected chi connectivity index (χ2v) is 5.96. The molecule has 0 radical (unpaired) electrons. The zero-order valence-corrected chi connectivity index (χ0v) is 13.0. The van der Waals surface area contributed by atoms with Crippen molar-refractivity contribution in [1.29, 1.82) is 0 Å². The summed E-state index contributed by atoms with van der Waals surface area (Å²) in [4.78, 5) is 0. The molecule has 0 spiro atoms. The van der Waals surface area contributed by atoms with Crippen molar-refractivity contribution in [2.24, 2.45) is 0 Å². The molecular formula is C18H14IN. The van der Waals surface area contributed by atoms with Gasteiger partial charge in [-0.15, -0.1) is 0 Å². The van der Waals surface area contributed by atoms with Crippen LogP contribution < -0.4 is 5.73 Å². The molecule has 3 aromatic rings. The maximum Gasteiger partial charge on any atom is 0.0314 e. The van der Waals surface area contributed by atoms with Gasteiger partial charge in [-0.25, -0.2) is 0 Å². The molecule has 0 aromatic heterocycles. The molecule has 0 aliphatic heterocycles. The molecule has 0 amide bonds. The maximum absolute atomic E-state index is 5.74. The van der Waals surface area contributed by atoms with Crippen LogP contribution >= 0.6 is 22.6 Å². The Labute approximate surface area is 132 Å². The SMILES string of the molecule is Nc1ccc(-c2cccc(-c3ccc(I)cc3)c2)cc1. The first-order chi connectivity index (χ1) is 9.72. The van der Waals surface area contributed by atoms with Gasteiger partial charge in [0.1, 0.15) is 0 Å². The highest BCUT2D eigenvalue weighted by Crippen LogP contribution is 2.27. The van der Waals surface area contributed by atoms with E-state index >= 15 is 0 Å². The van der Waals surface area contributed by atoms with Gasteiger partial charge in [0, 0.05) is 9.26 Å². The summed E-state index contributed by atoms with van der Waals surface area (Å²) in [6.45, 7) is 0. The van der Waals surface area contributed by atoms with Crippen LogP contribution in [0.1, 0.15) is 0 Å². The van der Waals surface area contributed by atoms with Crippen LogP contribution in [0.25, 0.3) is 22.3 Å². The van der Waals surface area contributed by atoms with Crippen molar-refractivity contribution >= 4 is 28.3 Å². The lowest BCUT2D eigenvalue weighted by molar-refractivity contribution is 1.57. The summed E-state index contributed by atoms with van der Waals surface area (Å²) in [6.07, 6.45) is 0. The molecular weight excluding hydrogens is 357 g/mol. The van der Waals surface area contributed by atoms with E-state index in [0.29, 0.717) is 0 Å². The number of anilines is 1. The first-order valence-electron chi connectivity index (χ1n) is 6.44. The Morgan fingerprint density at radius 3 is 1.65 bits per heavy atom. The third-order valence-corrected chi connectivity index (χ3v) is 4.00. The Balaban J connectivity index is 2.01. The van der Waals surface area contributed by atoms with Crippen LogP contribution in [-0.2, 0) is 0 Å². The zero-order chi connectivity index (χ0) is 13.9. The van der Waals surface area contributed by atoms with E-state index < -0.39 is 0 Å². The van der Waals surface area contributed by atoms with Gasteiger partial charge in [0.05, 0.1) is 0 Å². The van der Waals surface area contributed by atoms with Crippen molar-refractivity contribution in [3.63, 3.8) is 0 Å². The van der Waals surface area contributed by atoms with Crippen LogP contribution in [0.5, 0.6) is 0 Å². The second kappa shape index (κ2) is 5.67. The fourth-order valence-corrected chi connectivity index (χ4v) is 2.56.